The van der Waals surface area contributed by atoms with E-state index in [1.807, 2.05) is 18.2 Å². The van der Waals surface area contributed by atoms with Crippen LogP contribution in [0.15, 0.2) is 36.3 Å². The van der Waals surface area contributed by atoms with Crippen LogP contribution in [-0.4, -0.2) is 11.3 Å². The molecule has 0 aliphatic carbocycles. The van der Waals surface area contributed by atoms with Crippen molar-refractivity contribution in [2.45, 2.75) is 4.90 Å². The Morgan fingerprint density at radius 1 is 1.36 bits per heavy atom. The molecule has 1 rings (SSSR count). The predicted octanol–water partition coefficient (Wildman–Crippen LogP) is 2.21. The van der Waals surface area contributed by atoms with Crippen molar-refractivity contribution in [3.8, 4) is 0 Å². The highest BCUT2D eigenvalue weighted by Crippen LogP contribution is 2.19. The van der Waals surface area contributed by atoms with Crippen LogP contribution in [0.3, 0.4) is 0 Å². The molecule has 2 nitrogen and oxygen atoms in total. The molecule has 0 radical (unpaired) electrons. The standard InChI is InChI=1S/C11H13NOS/c1-4-9-7-6-8-11(10(9)5-2)14(13)12-3/h4-8,12H,1-2H2,3H3. The minimum atomic E-state index is -1.18. The molecule has 0 aliphatic heterocycles. The van der Waals surface area contributed by atoms with E-state index in [0.717, 1.165) is 16.0 Å². The van der Waals surface area contributed by atoms with Crippen molar-refractivity contribution in [3.63, 3.8) is 0 Å². The van der Waals surface area contributed by atoms with Gasteiger partial charge in [0.25, 0.3) is 0 Å². The summed E-state index contributed by atoms with van der Waals surface area (Å²) in [6.45, 7) is 7.41. The molecule has 0 aliphatic rings. The summed E-state index contributed by atoms with van der Waals surface area (Å²) in [5, 5.41) is 0. The van der Waals surface area contributed by atoms with Gasteiger partial charge < -0.3 is 0 Å². The zero-order valence-electron chi connectivity index (χ0n) is 8.12. The van der Waals surface area contributed by atoms with Gasteiger partial charge in [-0.25, -0.2) is 8.93 Å². The van der Waals surface area contributed by atoms with Crippen molar-refractivity contribution < 1.29 is 4.21 Å². The van der Waals surface area contributed by atoms with E-state index in [-0.39, 0.29) is 0 Å². The fourth-order valence-electron chi connectivity index (χ4n) is 1.23. The van der Waals surface area contributed by atoms with E-state index in [1.165, 1.54) is 0 Å². The third-order valence-electron chi connectivity index (χ3n) is 1.91. The molecular weight excluding hydrogens is 194 g/mol. The third kappa shape index (κ3) is 2.00. The Morgan fingerprint density at radius 2 is 2.07 bits per heavy atom. The van der Waals surface area contributed by atoms with Crippen molar-refractivity contribution in [1.29, 1.82) is 0 Å². The minimum absolute atomic E-state index is 0.736. The molecule has 0 aromatic heterocycles. The van der Waals surface area contributed by atoms with Crippen LogP contribution >= 0.6 is 0 Å². The largest absolute Gasteiger partial charge is 0.237 e. The van der Waals surface area contributed by atoms with Crippen LogP contribution in [0.2, 0.25) is 0 Å². The maximum absolute atomic E-state index is 11.6. The normalized spacial score (nSPS) is 12.1. The topological polar surface area (TPSA) is 29.1 Å². The van der Waals surface area contributed by atoms with E-state index in [2.05, 4.69) is 17.9 Å². The second-order valence-corrected chi connectivity index (χ2v) is 4.03. The molecule has 3 heteroatoms. The van der Waals surface area contributed by atoms with Crippen LogP contribution in [0, 0.1) is 0 Å². The fourth-order valence-corrected chi connectivity index (χ4v) is 2.05. The number of hydrogen-bond donors (Lipinski definition) is 1. The lowest BCUT2D eigenvalue weighted by atomic mass is 10.1. The molecule has 0 bridgehead atoms. The van der Waals surface area contributed by atoms with E-state index >= 15 is 0 Å². The Morgan fingerprint density at radius 3 is 2.57 bits per heavy atom. The zero-order valence-corrected chi connectivity index (χ0v) is 8.93. The van der Waals surface area contributed by atoms with E-state index in [4.69, 9.17) is 0 Å². The molecule has 0 saturated heterocycles. The van der Waals surface area contributed by atoms with Gasteiger partial charge in [0, 0.05) is 0 Å². The number of nitrogens with one attached hydrogen (secondary N) is 1. The molecule has 1 aromatic carbocycles. The van der Waals surface area contributed by atoms with E-state index in [0.29, 0.717) is 0 Å². The summed E-state index contributed by atoms with van der Waals surface area (Å²) in [6.07, 6.45) is 3.43. The second-order valence-electron chi connectivity index (χ2n) is 2.64. The van der Waals surface area contributed by atoms with Gasteiger partial charge in [0.2, 0.25) is 0 Å². The van der Waals surface area contributed by atoms with Gasteiger partial charge in [-0.1, -0.05) is 37.4 Å². The number of benzene rings is 1. The van der Waals surface area contributed by atoms with Crippen molar-refractivity contribution in [2.75, 3.05) is 7.05 Å². The summed E-state index contributed by atoms with van der Waals surface area (Å²) in [4.78, 5) is 0.736. The first-order chi connectivity index (χ1) is 6.74. The molecule has 0 amide bonds. The summed E-state index contributed by atoms with van der Waals surface area (Å²) in [5.74, 6) is 0. The third-order valence-corrected chi connectivity index (χ3v) is 3.04. The highest BCUT2D eigenvalue weighted by molar-refractivity contribution is 7.83. The molecule has 0 spiro atoms. The lowest BCUT2D eigenvalue weighted by Gasteiger charge is -2.07. The zero-order chi connectivity index (χ0) is 10.6. The van der Waals surface area contributed by atoms with Crippen LogP contribution in [0.1, 0.15) is 11.1 Å². The summed E-state index contributed by atoms with van der Waals surface area (Å²) in [7, 11) is 0.474. The predicted molar refractivity (Wildman–Crippen MR) is 62.1 cm³/mol. The van der Waals surface area contributed by atoms with Gasteiger partial charge in [-0.3, -0.25) is 0 Å². The summed E-state index contributed by atoms with van der Waals surface area (Å²) >= 11 is 0. The number of rotatable bonds is 4. The van der Waals surface area contributed by atoms with Crippen LogP contribution in [-0.2, 0) is 11.0 Å². The molecule has 0 fully saturated rings. The number of hydrogen-bond acceptors (Lipinski definition) is 1. The molecule has 14 heavy (non-hydrogen) atoms. The first kappa shape index (κ1) is 10.9. The Hall–Kier alpha value is -1.19. The smallest absolute Gasteiger partial charge is 0.125 e. The molecule has 1 N–H and O–H groups in total. The van der Waals surface area contributed by atoms with Crippen molar-refractivity contribution in [1.82, 2.24) is 4.72 Å². The molecule has 0 saturated carbocycles. The Balaban J connectivity index is 3.35. The Bertz CT molecular complexity index is 385. The van der Waals surface area contributed by atoms with Crippen molar-refractivity contribution >= 4 is 23.1 Å². The van der Waals surface area contributed by atoms with Gasteiger partial charge in [0.15, 0.2) is 0 Å². The summed E-state index contributed by atoms with van der Waals surface area (Å²) in [6, 6.07) is 5.59. The Kier molecular flexibility index (Phi) is 3.80. The van der Waals surface area contributed by atoms with Gasteiger partial charge in [0.1, 0.15) is 11.0 Å². The van der Waals surface area contributed by atoms with Gasteiger partial charge in [0.05, 0.1) is 4.90 Å². The quantitative estimate of drug-likeness (QED) is 0.806. The van der Waals surface area contributed by atoms with E-state index in [1.54, 1.807) is 19.2 Å². The average Bonchev–Trinajstić information content (AvgIpc) is 2.26. The van der Waals surface area contributed by atoms with Gasteiger partial charge in [-0.2, -0.15) is 0 Å². The molecular formula is C11H13NOS. The minimum Gasteiger partial charge on any atom is -0.237 e. The lowest BCUT2D eigenvalue weighted by molar-refractivity contribution is 0.678. The van der Waals surface area contributed by atoms with Crippen molar-refractivity contribution in [3.05, 3.63) is 42.5 Å². The van der Waals surface area contributed by atoms with Crippen LogP contribution < -0.4 is 4.72 Å². The molecule has 1 unspecified atom stereocenters. The van der Waals surface area contributed by atoms with Gasteiger partial charge >= 0.3 is 0 Å². The maximum atomic E-state index is 11.6. The summed E-state index contributed by atoms with van der Waals surface area (Å²) in [5.41, 5.74) is 1.82. The second kappa shape index (κ2) is 4.88. The van der Waals surface area contributed by atoms with Gasteiger partial charge in [-0.15, -0.1) is 0 Å². The SMILES string of the molecule is C=Cc1cccc(S(=O)NC)c1C=C. The first-order valence-corrected chi connectivity index (χ1v) is 5.36. The van der Waals surface area contributed by atoms with Crippen LogP contribution in [0.5, 0.6) is 0 Å². The molecule has 0 heterocycles. The van der Waals surface area contributed by atoms with E-state index < -0.39 is 11.0 Å². The highest BCUT2D eigenvalue weighted by atomic mass is 32.2. The van der Waals surface area contributed by atoms with Crippen LogP contribution in [0.25, 0.3) is 12.2 Å². The lowest BCUT2D eigenvalue weighted by Crippen LogP contribution is -2.12. The average molecular weight is 207 g/mol. The van der Waals surface area contributed by atoms with Gasteiger partial charge in [-0.05, 0) is 24.2 Å². The fraction of sp³-hybridized carbons (Fsp3) is 0.0909. The monoisotopic (exact) mass is 207 g/mol. The van der Waals surface area contributed by atoms with Crippen LogP contribution in [0.4, 0.5) is 0 Å². The summed E-state index contributed by atoms with van der Waals surface area (Å²) < 4.78 is 14.3. The van der Waals surface area contributed by atoms with Crippen molar-refractivity contribution in [2.24, 2.45) is 0 Å². The highest BCUT2D eigenvalue weighted by Gasteiger charge is 2.07. The molecule has 74 valence electrons. The molecule has 1 aromatic rings. The maximum Gasteiger partial charge on any atom is 0.125 e. The first-order valence-electron chi connectivity index (χ1n) is 4.21. The Labute approximate surface area is 86.9 Å². The van der Waals surface area contributed by atoms with E-state index in [9.17, 15) is 4.21 Å². The molecule has 1 atom stereocenters.